The van der Waals surface area contributed by atoms with Crippen LogP contribution in [0.3, 0.4) is 0 Å². The second-order valence-corrected chi connectivity index (χ2v) is 7.15. The van der Waals surface area contributed by atoms with Crippen LogP contribution in [0.2, 0.25) is 10.0 Å². The zero-order chi connectivity index (χ0) is 19.6. The van der Waals surface area contributed by atoms with Crippen LogP contribution in [0.25, 0.3) is 0 Å². The Kier molecular flexibility index (Phi) is 5.84. The Morgan fingerprint density at radius 2 is 1.78 bits per heavy atom. The van der Waals surface area contributed by atoms with Gasteiger partial charge in [0, 0.05) is 44.0 Å². The van der Waals surface area contributed by atoms with Gasteiger partial charge in [0.05, 0.1) is 26.2 Å². The van der Waals surface area contributed by atoms with Crippen molar-refractivity contribution in [3.8, 4) is 0 Å². The normalized spacial score (nSPS) is 14.9. The van der Waals surface area contributed by atoms with Crippen molar-refractivity contribution in [1.29, 1.82) is 0 Å². The number of anilines is 2. The number of benzene rings is 2. The summed E-state index contributed by atoms with van der Waals surface area (Å²) >= 11 is 12.4. The molecule has 1 saturated heterocycles. The fourth-order valence-electron chi connectivity index (χ4n) is 2.89. The minimum absolute atomic E-state index is 0.0325. The lowest BCUT2D eigenvalue weighted by atomic mass is 10.1. The standard InChI is InChI=1S/C18H18Cl2N4O3/c1-22-6-8-23(9-7-22)17-5-2-12(10-16(17)20)21-18(25)14-11-13(24(26)27)3-4-15(14)19/h2-5,10-11H,6-9H2,1H3,(H,21,25). The van der Waals surface area contributed by atoms with Crippen LogP contribution >= 0.6 is 23.2 Å². The van der Waals surface area contributed by atoms with Crippen molar-refractivity contribution in [1.82, 2.24) is 4.90 Å². The van der Waals surface area contributed by atoms with Gasteiger partial charge in [0.2, 0.25) is 0 Å². The smallest absolute Gasteiger partial charge is 0.270 e. The monoisotopic (exact) mass is 408 g/mol. The molecule has 0 atom stereocenters. The van der Waals surface area contributed by atoms with Crippen molar-refractivity contribution in [3.63, 3.8) is 0 Å². The first-order valence-electron chi connectivity index (χ1n) is 8.33. The molecule has 1 fully saturated rings. The van der Waals surface area contributed by atoms with E-state index in [1.165, 1.54) is 12.1 Å². The predicted molar refractivity (Wildman–Crippen MR) is 107 cm³/mol. The molecule has 1 N–H and O–H groups in total. The molecular formula is C18H18Cl2N4O3. The summed E-state index contributed by atoms with van der Waals surface area (Å²) in [5, 5.41) is 14.3. The van der Waals surface area contributed by atoms with Gasteiger partial charge in [-0.05, 0) is 31.3 Å². The van der Waals surface area contributed by atoms with E-state index in [1.54, 1.807) is 12.1 Å². The van der Waals surface area contributed by atoms with Gasteiger partial charge in [0.25, 0.3) is 11.6 Å². The minimum atomic E-state index is -0.575. The molecule has 1 heterocycles. The largest absolute Gasteiger partial charge is 0.368 e. The molecule has 142 valence electrons. The molecule has 0 bridgehead atoms. The number of nitrogens with one attached hydrogen (secondary N) is 1. The Bertz CT molecular complexity index is 883. The van der Waals surface area contributed by atoms with Gasteiger partial charge in [-0.1, -0.05) is 23.2 Å². The van der Waals surface area contributed by atoms with Crippen molar-refractivity contribution in [2.75, 3.05) is 43.4 Å². The maximum absolute atomic E-state index is 12.5. The third-order valence-corrected chi connectivity index (χ3v) is 5.09. The number of carbonyl (C=O) groups excluding carboxylic acids is 1. The van der Waals surface area contributed by atoms with Crippen LogP contribution in [-0.2, 0) is 0 Å². The number of nitrogens with zero attached hydrogens (tertiary/aromatic N) is 3. The van der Waals surface area contributed by atoms with Gasteiger partial charge in [0.1, 0.15) is 0 Å². The van der Waals surface area contributed by atoms with Gasteiger partial charge in [0.15, 0.2) is 0 Å². The number of hydrogen-bond donors (Lipinski definition) is 1. The zero-order valence-corrected chi connectivity index (χ0v) is 16.1. The van der Waals surface area contributed by atoms with Gasteiger partial charge in [-0.2, -0.15) is 0 Å². The highest BCUT2D eigenvalue weighted by Crippen LogP contribution is 2.30. The third kappa shape index (κ3) is 4.50. The maximum Gasteiger partial charge on any atom is 0.270 e. The number of halogens is 2. The molecule has 1 amide bonds. The van der Waals surface area contributed by atoms with E-state index in [-0.39, 0.29) is 16.3 Å². The van der Waals surface area contributed by atoms with Crippen LogP contribution in [0.1, 0.15) is 10.4 Å². The van der Waals surface area contributed by atoms with Crippen LogP contribution in [0.15, 0.2) is 36.4 Å². The number of non-ortho nitro benzene ring substituents is 1. The first-order chi connectivity index (χ1) is 12.8. The maximum atomic E-state index is 12.5. The minimum Gasteiger partial charge on any atom is -0.368 e. The number of carbonyl (C=O) groups is 1. The Morgan fingerprint density at radius 3 is 2.41 bits per heavy atom. The Hall–Kier alpha value is -2.35. The highest BCUT2D eigenvalue weighted by Gasteiger charge is 2.19. The molecule has 0 aliphatic carbocycles. The summed E-state index contributed by atoms with van der Waals surface area (Å²) in [5.41, 5.74) is 1.24. The van der Waals surface area contributed by atoms with Crippen LogP contribution in [0.4, 0.5) is 17.1 Å². The van der Waals surface area contributed by atoms with E-state index in [0.29, 0.717) is 10.7 Å². The van der Waals surface area contributed by atoms with Gasteiger partial charge < -0.3 is 15.1 Å². The van der Waals surface area contributed by atoms with Gasteiger partial charge in [-0.25, -0.2) is 0 Å². The number of hydrogen-bond acceptors (Lipinski definition) is 5. The van der Waals surface area contributed by atoms with Gasteiger partial charge >= 0.3 is 0 Å². The fraction of sp³-hybridized carbons (Fsp3) is 0.278. The van der Waals surface area contributed by atoms with Crippen LogP contribution in [-0.4, -0.2) is 49.0 Å². The molecule has 0 saturated carbocycles. The Labute approximate surface area is 166 Å². The lowest BCUT2D eigenvalue weighted by Gasteiger charge is -2.34. The highest BCUT2D eigenvalue weighted by atomic mass is 35.5. The molecule has 2 aromatic rings. The van der Waals surface area contributed by atoms with E-state index in [0.717, 1.165) is 37.9 Å². The van der Waals surface area contributed by atoms with Gasteiger partial charge in [-0.15, -0.1) is 0 Å². The van der Waals surface area contributed by atoms with Crippen molar-refractivity contribution in [2.24, 2.45) is 0 Å². The zero-order valence-electron chi connectivity index (χ0n) is 14.6. The Morgan fingerprint density at radius 1 is 1.07 bits per heavy atom. The molecule has 9 heteroatoms. The SMILES string of the molecule is CN1CCN(c2ccc(NC(=O)c3cc([N+](=O)[O-])ccc3Cl)cc2Cl)CC1. The molecule has 3 rings (SSSR count). The summed E-state index contributed by atoms with van der Waals surface area (Å²) in [4.78, 5) is 27.2. The fourth-order valence-corrected chi connectivity index (χ4v) is 3.39. The molecule has 1 aliphatic rings. The molecule has 1 aliphatic heterocycles. The van der Waals surface area contributed by atoms with E-state index in [9.17, 15) is 14.9 Å². The molecule has 2 aromatic carbocycles. The van der Waals surface area contributed by atoms with E-state index >= 15 is 0 Å². The van der Waals surface area contributed by atoms with E-state index in [4.69, 9.17) is 23.2 Å². The van der Waals surface area contributed by atoms with Crippen LogP contribution in [0.5, 0.6) is 0 Å². The summed E-state index contributed by atoms with van der Waals surface area (Å²) in [5.74, 6) is -0.535. The summed E-state index contributed by atoms with van der Waals surface area (Å²) in [6.45, 7) is 3.68. The summed E-state index contributed by atoms with van der Waals surface area (Å²) < 4.78 is 0. The molecule has 0 aromatic heterocycles. The van der Waals surface area contributed by atoms with Gasteiger partial charge in [-0.3, -0.25) is 14.9 Å². The number of nitro groups is 1. The first-order valence-corrected chi connectivity index (χ1v) is 9.09. The highest BCUT2D eigenvalue weighted by molar-refractivity contribution is 6.35. The predicted octanol–water partition coefficient (Wildman–Crippen LogP) is 3.91. The molecule has 27 heavy (non-hydrogen) atoms. The number of amides is 1. The second kappa shape index (κ2) is 8.12. The lowest BCUT2D eigenvalue weighted by Crippen LogP contribution is -2.44. The molecular weight excluding hydrogens is 391 g/mol. The molecule has 0 unspecified atom stereocenters. The van der Waals surface area contributed by atoms with E-state index in [2.05, 4.69) is 22.2 Å². The number of rotatable bonds is 4. The number of nitro benzene ring substituents is 1. The summed E-state index contributed by atoms with van der Waals surface area (Å²) in [6, 6.07) is 9.01. The second-order valence-electron chi connectivity index (χ2n) is 6.33. The summed E-state index contributed by atoms with van der Waals surface area (Å²) in [6.07, 6.45) is 0. The third-order valence-electron chi connectivity index (χ3n) is 4.45. The van der Waals surface area contributed by atoms with Crippen molar-refractivity contribution < 1.29 is 9.72 Å². The topological polar surface area (TPSA) is 78.7 Å². The summed E-state index contributed by atoms with van der Waals surface area (Å²) in [7, 11) is 2.08. The lowest BCUT2D eigenvalue weighted by molar-refractivity contribution is -0.384. The quantitative estimate of drug-likeness (QED) is 0.612. The molecule has 7 nitrogen and oxygen atoms in total. The van der Waals surface area contributed by atoms with E-state index in [1.807, 2.05) is 6.07 Å². The van der Waals surface area contributed by atoms with Crippen LogP contribution < -0.4 is 10.2 Å². The molecule has 0 spiro atoms. The van der Waals surface area contributed by atoms with Crippen molar-refractivity contribution in [3.05, 3.63) is 62.1 Å². The van der Waals surface area contributed by atoms with E-state index < -0.39 is 10.8 Å². The average Bonchev–Trinajstić information content (AvgIpc) is 2.63. The number of piperazine rings is 1. The Balaban J connectivity index is 1.76. The molecule has 0 radical (unpaired) electrons. The van der Waals surface area contributed by atoms with Crippen molar-refractivity contribution in [2.45, 2.75) is 0 Å². The average molecular weight is 409 g/mol. The van der Waals surface area contributed by atoms with Crippen molar-refractivity contribution >= 4 is 46.2 Å². The first kappa shape index (κ1) is 19.4. The number of likely N-dealkylation sites (N-methyl/N-ethyl adjacent to an activating group) is 1. The van der Waals surface area contributed by atoms with Crippen LogP contribution in [0, 0.1) is 10.1 Å².